The van der Waals surface area contributed by atoms with E-state index in [1.165, 1.54) is 6.26 Å². The normalized spacial score (nSPS) is 9.50. The minimum Gasteiger partial charge on any atom is -0.466 e. The summed E-state index contributed by atoms with van der Waals surface area (Å²) in [5, 5.41) is 0.786. The van der Waals surface area contributed by atoms with Gasteiger partial charge in [-0.1, -0.05) is 25.1 Å². The Morgan fingerprint density at radius 1 is 1.58 bits per heavy atom. The highest BCUT2D eigenvalue weighted by molar-refractivity contribution is 6.31. The molecule has 2 heteroatoms. The minimum atomic E-state index is 0.784. The van der Waals surface area contributed by atoms with Gasteiger partial charge >= 0.3 is 0 Å². The molecule has 1 nitrogen and oxygen atoms in total. The average Bonchev–Trinajstić information content (AvgIpc) is 2.09. The van der Waals surface area contributed by atoms with Crippen LogP contribution in [0.5, 0.6) is 5.75 Å². The summed E-state index contributed by atoms with van der Waals surface area (Å²) in [6.45, 7) is 5.53. The summed E-state index contributed by atoms with van der Waals surface area (Å²) < 4.78 is 5.11. The molecular weight excluding hydrogens is 172 g/mol. The topological polar surface area (TPSA) is 9.23 Å². The van der Waals surface area contributed by atoms with E-state index < -0.39 is 0 Å². The lowest BCUT2D eigenvalue weighted by molar-refractivity contribution is 0.483. The lowest BCUT2D eigenvalue weighted by atomic mass is 10.2. The molecule has 0 aliphatic rings. The van der Waals surface area contributed by atoms with E-state index >= 15 is 0 Å². The molecule has 0 spiro atoms. The predicted octanol–water partition coefficient (Wildman–Crippen LogP) is 3.42. The van der Waals surface area contributed by atoms with Crippen molar-refractivity contribution in [1.82, 2.24) is 0 Å². The molecule has 0 radical (unpaired) electrons. The molecule has 0 N–H and O–H groups in total. The van der Waals surface area contributed by atoms with Crippen LogP contribution in [0.4, 0.5) is 0 Å². The summed E-state index contributed by atoms with van der Waals surface area (Å²) in [5.74, 6) is 0.784. The van der Waals surface area contributed by atoms with Crippen LogP contribution >= 0.6 is 11.6 Å². The molecule has 0 saturated heterocycles. The smallest absolute Gasteiger partial charge is 0.126 e. The van der Waals surface area contributed by atoms with Crippen LogP contribution in [0, 0.1) is 0 Å². The third-order valence-corrected chi connectivity index (χ3v) is 1.99. The first-order valence-electron chi connectivity index (χ1n) is 3.84. The van der Waals surface area contributed by atoms with E-state index in [0.29, 0.717) is 0 Å². The molecule has 0 bridgehead atoms. The van der Waals surface area contributed by atoms with Crippen molar-refractivity contribution in [3.63, 3.8) is 0 Å². The lowest BCUT2D eigenvalue weighted by Crippen LogP contribution is -1.85. The predicted molar refractivity (Wildman–Crippen MR) is 51.7 cm³/mol. The zero-order valence-electron chi connectivity index (χ0n) is 7.01. The van der Waals surface area contributed by atoms with Crippen LogP contribution in [-0.2, 0) is 6.42 Å². The summed E-state index contributed by atoms with van der Waals surface area (Å²) >= 11 is 5.92. The van der Waals surface area contributed by atoms with E-state index in [9.17, 15) is 0 Å². The number of halogens is 1. The van der Waals surface area contributed by atoms with E-state index in [1.54, 1.807) is 0 Å². The van der Waals surface area contributed by atoms with Crippen LogP contribution < -0.4 is 4.74 Å². The molecule has 0 atom stereocenters. The van der Waals surface area contributed by atoms with Crippen molar-refractivity contribution in [2.75, 3.05) is 0 Å². The maximum absolute atomic E-state index is 5.92. The van der Waals surface area contributed by atoms with Gasteiger partial charge in [0.2, 0.25) is 0 Å². The first-order valence-corrected chi connectivity index (χ1v) is 4.21. The Morgan fingerprint density at radius 2 is 2.33 bits per heavy atom. The van der Waals surface area contributed by atoms with Gasteiger partial charge in [-0.2, -0.15) is 0 Å². The van der Waals surface area contributed by atoms with Crippen LogP contribution in [0.1, 0.15) is 12.5 Å². The highest BCUT2D eigenvalue weighted by Gasteiger charge is 1.99. The van der Waals surface area contributed by atoms with Gasteiger partial charge in [-0.05, 0) is 30.2 Å². The Labute approximate surface area is 77.6 Å². The minimum absolute atomic E-state index is 0.784. The molecule has 0 saturated carbocycles. The second-order valence-corrected chi connectivity index (χ2v) is 2.80. The third kappa shape index (κ3) is 2.02. The summed E-state index contributed by atoms with van der Waals surface area (Å²) in [5.41, 5.74) is 1.09. The Hall–Kier alpha value is -0.950. The molecule has 1 aromatic rings. The SMILES string of the molecule is C=COc1ccc(Cl)c(CC)c1. The number of hydrogen-bond acceptors (Lipinski definition) is 1. The maximum atomic E-state index is 5.92. The van der Waals surface area contributed by atoms with Gasteiger partial charge in [0.05, 0.1) is 6.26 Å². The lowest BCUT2D eigenvalue weighted by Gasteiger charge is -2.03. The Kier molecular flexibility index (Phi) is 3.18. The van der Waals surface area contributed by atoms with Crippen LogP contribution in [0.2, 0.25) is 5.02 Å². The third-order valence-electron chi connectivity index (χ3n) is 1.62. The van der Waals surface area contributed by atoms with Gasteiger partial charge in [0.1, 0.15) is 5.75 Å². The number of hydrogen-bond donors (Lipinski definition) is 0. The number of ether oxygens (including phenoxy) is 1. The fourth-order valence-corrected chi connectivity index (χ4v) is 1.24. The molecule has 0 heterocycles. The molecule has 12 heavy (non-hydrogen) atoms. The van der Waals surface area contributed by atoms with Crippen molar-refractivity contribution in [2.24, 2.45) is 0 Å². The standard InChI is InChI=1S/C10H11ClO/c1-3-8-7-9(12-4-2)5-6-10(8)11/h4-7H,2-3H2,1H3. The van der Waals surface area contributed by atoms with Gasteiger partial charge in [-0.3, -0.25) is 0 Å². The first-order chi connectivity index (χ1) is 5.77. The molecule has 0 amide bonds. The number of rotatable bonds is 3. The van der Waals surface area contributed by atoms with Gasteiger partial charge in [0.15, 0.2) is 0 Å². The Balaban J connectivity index is 2.96. The number of aryl methyl sites for hydroxylation is 1. The Morgan fingerprint density at radius 3 is 2.92 bits per heavy atom. The fourth-order valence-electron chi connectivity index (χ4n) is 0.992. The van der Waals surface area contributed by atoms with Gasteiger partial charge in [0, 0.05) is 5.02 Å². The van der Waals surface area contributed by atoms with Crippen molar-refractivity contribution in [2.45, 2.75) is 13.3 Å². The summed E-state index contributed by atoms with van der Waals surface area (Å²) in [6.07, 6.45) is 2.32. The fraction of sp³-hybridized carbons (Fsp3) is 0.200. The molecule has 0 aliphatic carbocycles. The largest absolute Gasteiger partial charge is 0.466 e. The van der Waals surface area contributed by atoms with Crippen molar-refractivity contribution < 1.29 is 4.74 Å². The van der Waals surface area contributed by atoms with Crippen molar-refractivity contribution in [3.05, 3.63) is 41.6 Å². The van der Waals surface area contributed by atoms with E-state index in [-0.39, 0.29) is 0 Å². The molecule has 0 unspecified atom stereocenters. The van der Waals surface area contributed by atoms with Crippen molar-refractivity contribution in [3.8, 4) is 5.75 Å². The quantitative estimate of drug-likeness (QED) is 0.651. The molecule has 0 aliphatic heterocycles. The molecule has 0 aromatic heterocycles. The molecule has 1 aromatic carbocycles. The first kappa shape index (κ1) is 9.14. The van der Waals surface area contributed by atoms with Gasteiger partial charge < -0.3 is 4.74 Å². The highest BCUT2D eigenvalue weighted by Crippen LogP contribution is 2.22. The number of benzene rings is 1. The molecule has 0 fully saturated rings. The van der Waals surface area contributed by atoms with Crippen LogP contribution in [0.15, 0.2) is 31.0 Å². The van der Waals surface area contributed by atoms with Crippen molar-refractivity contribution in [1.29, 1.82) is 0 Å². The van der Waals surface area contributed by atoms with Crippen molar-refractivity contribution >= 4 is 11.6 Å². The van der Waals surface area contributed by atoms with E-state index in [1.807, 2.05) is 18.2 Å². The van der Waals surface area contributed by atoms with Gasteiger partial charge in [-0.15, -0.1) is 0 Å². The average molecular weight is 183 g/mol. The maximum Gasteiger partial charge on any atom is 0.126 e. The van der Waals surface area contributed by atoms with E-state index in [2.05, 4.69) is 13.5 Å². The summed E-state index contributed by atoms with van der Waals surface area (Å²) in [7, 11) is 0. The van der Waals surface area contributed by atoms with Crippen LogP contribution in [-0.4, -0.2) is 0 Å². The summed E-state index contributed by atoms with van der Waals surface area (Å²) in [4.78, 5) is 0. The monoisotopic (exact) mass is 182 g/mol. The van der Waals surface area contributed by atoms with Crippen LogP contribution in [0.3, 0.4) is 0 Å². The van der Waals surface area contributed by atoms with E-state index in [0.717, 1.165) is 22.8 Å². The highest BCUT2D eigenvalue weighted by atomic mass is 35.5. The zero-order chi connectivity index (χ0) is 8.97. The van der Waals surface area contributed by atoms with E-state index in [4.69, 9.17) is 16.3 Å². The molecule has 1 rings (SSSR count). The molecular formula is C10H11ClO. The van der Waals surface area contributed by atoms with Gasteiger partial charge in [0.25, 0.3) is 0 Å². The second kappa shape index (κ2) is 4.17. The zero-order valence-corrected chi connectivity index (χ0v) is 7.77. The van der Waals surface area contributed by atoms with Gasteiger partial charge in [-0.25, -0.2) is 0 Å². The Bertz CT molecular complexity index is 281. The summed E-state index contributed by atoms with van der Waals surface area (Å²) in [6, 6.07) is 5.58. The second-order valence-electron chi connectivity index (χ2n) is 2.39. The molecule has 64 valence electrons. The van der Waals surface area contributed by atoms with Crippen LogP contribution in [0.25, 0.3) is 0 Å².